The van der Waals surface area contributed by atoms with Crippen LogP contribution in [0.1, 0.15) is 36.0 Å². The van der Waals surface area contributed by atoms with E-state index in [1.807, 2.05) is 0 Å². The van der Waals surface area contributed by atoms with Crippen molar-refractivity contribution in [3.05, 3.63) is 33.8 Å². The minimum Gasteiger partial charge on any atom is -0.378 e. The number of carbonyl (C=O) groups excluding carboxylic acids is 1. The molecular formula is C13H14Cl2O2. The predicted molar refractivity (Wildman–Crippen MR) is 69.0 cm³/mol. The van der Waals surface area contributed by atoms with Gasteiger partial charge in [0.15, 0.2) is 5.78 Å². The summed E-state index contributed by atoms with van der Waals surface area (Å²) >= 11 is 11.9. The lowest BCUT2D eigenvalue weighted by Crippen LogP contribution is -2.09. The summed E-state index contributed by atoms with van der Waals surface area (Å²) in [5.41, 5.74) is 0.511. The molecule has 0 spiro atoms. The number of hydrogen-bond acceptors (Lipinski definition) is 2. The number of benzene rings is 1. The van der Waals surface area contributed by atoms with E-state index in [1.165, 1.54) is 0 Å². The molecule has 1 aromatic rings. The van der Waals surface area contributed by atoms with Crippen LogP contribution in [0.5, 0.6) is 0 Å². The number of ketones is 1. The standard InChI is InChI=1S/C13H14Cl2O2/c14-11-5-1-4-10(13(11)15)12(16)7-6-9-3-2-8-17-9/h1,4-5,9H,2-3,6-8H2. The van der Waals surface area contributed by atoms with Crippen LogP contribution >= 0.6 is 23.2 Å². The van der Waals surface area contributed by atoms with Crippen molar-refractivity contribution in [3.8, 4) is 0 Å². The van der Waals surface area contributed by atoms with Gasteiger partial charge in [-0.05, 0) is 31.4 Å². The molecule has 0 aromatic heterocycles. The monoisotopic (exact) mass is 272 g/mol. The van der Waals surface area contributed by atoms with Gasteiger partial charge >= 0.3 is 0 Å². The lowest BCUT2D eigenvalue weighted by atomic mass is 10.0. The fourth-order valence-corrected chi connectivity index (χ4v) is 2.42. The van der Waals surface area contributed by atoms with Crippen LogP contribution in [0.25, 0.3) is 0 Å². The van der Waals surface area contributed by atoms with E-state index in [4.69, 9.17) is 27.9 Å². The summed E-state index contributed by atoms with van der Waals surface area (Å²) in [5.74, 6) is 0.0352. The highest BCUT2D eigenvalue weighted by atomic mass is 35.5. The van der Waals surface area contributed by atoms with Crippen LogP contribution in [0.2, 0.25) is 10.0 Å². The Morgan fingerprint density at radius 3 is 2.94 bits per heavy atom. The molecule has 1 aliphatic rings. The Kier molecular flexibility index (Phi) is 4.43. The Balaban J connectivity index is 1.97. The van der Waals surface area contributed by atoms with Gasteiger partial charge in [0.1, 0.15) is 0 Å². The lowest BCUT2D eigenvalue weighted by Gasteiger charge is -2.09. The van der Waals surface area contributed by atoms with Crippen molar-refractivity contribution in [1.82, 2.24) is 0 Å². The number of hydrogen-bond donors (Lipinski definition) is 0. The predicted octanol–water partition coefficient (Wildman–Crippen LogP) is 4.14. The summed E-state index contributed by atoms with van der Waals surface area (Å²) in [4.78, 5) is 12.0. The molecule has 1 aliphatic heterocycles. The first kappa shape index (κ1) is 12.9. The van der Waals surface area contributed by atoms with E-state index in [-0.39, 0.29) is 11.9 Å². The highest BCUT2D eigenvalue weighted by Gasteiger charge is 2.18. The average molecular weight is 273 g/mol. The Labute approximate surface area is 111 Å². The SMILES string of the molecule is O=C(CCC1CCCO1)c1cccc(Cl)c1Cl. The maximum atomic E-state index is 12.0. The van der Waals surface area contributed by atoms with E-state index in [2.05, 4.69) is 0 Å². The van der Waals surface area contributed by atoms with Gasteiger partial charge in [0.2, 0.25) is 0 Å². The second kappa shape index (κ2) is 5.85. The molecule has 0 radical (unpaired) electrons. The fourth-order valence-electron chi connectivity index (χ4n) is 2.02. The average Bonchev–Trinajstić information content (AvgIpc) is 2.82. The van der Waals surface area contributed by atoms with Gasteiger partial charge in [0, 0.05) is 18.6 Å². The van der Waals surface area contributed by atoms with Crippen molar-refractivity contribution < 1.29 is 9.53 Å². The van der Waals surface area contributed by atoms with Crippen molar-refractivity contribution >= 4 is 29.0 Å². The summed E-state index contributed by atoms with van der Waals surface area (Å²) in [6.45, 7) is 0.816. The van der Waals surface area contributed by atoms with Crippen LogP contribution in [0.4, 0.5) is 0 Å². The van der Waals surface area contributed by atoms with Crippen LogP contribution < -0.4 is 0 Å². The third kappa shape index (κ3) is 3.21. The van der Waals surface area contributed by atoms with Gasteiger partial charge in [-0.25, -0.2) is 0 Å². The number of rotatable bonds is 4. The van der Waals surface area contributed by atoms with Crippen LogP contribution in [-0.4, -0.2) is 18.5 Å². The highest BCUT2D eigenvalue weighted by molar-refractivity contribution is 6.43. The van der Waals surface area contributed by atoms with E-state index in [1.54, 1.807) is 18.2 Å². The number of Topliss-reactive ketones (excluding diaryl/α,β-unsaturated/α-hetero) is 1. The zero-order valence-electron chi connectivity index (χ0n) is 9.42. The van der Waals surface area contributed by atoms with Gasteiger partial charge in [-0.1, -0.05) is 29.3 Å². The molecule has 1 unspecified atom stereocenters. The fraction of sp³-hybridized carbons (Fsp3) is 0.462. The quantitative estimate of drug-likeness (QED) is 0.771. The molecule has 1 fully saturated rings. The topological polar surface area (TPSA) is 26.3 Å². The van der Waals surface area contributed by atoms with Gasteiger partial charge in [0.05, 0.1) is 16.1 Å². The molecule has 92 valence electrons. The van der Waals surface area contributed by atoms with E-state index in [9.17, 15) is 4.79 Å². The van der Waals surface area contributed by atoms with Gasteiger partial charge in [0.25, 0.3) is 0 Å². The van der Waals surface area contributed by atoms with E-state index >= 15 is 0 Å². The molecule has 0 aliphatic carbocycles. The molecule has 0 amide bonds. The van der Waals surface area contributed by atoms with Crippen LogP contribution in [0.15, 0.2) is 18.2 Å². The number of carbonyl (C=O) groups is 1. The Bertz CT molecular complexity index is 412. The third-order valence-corrected chi connectivity index (χ3v) is 3.79. The molecule has 4 heteroatoms. The Morgan fingerprint density at radius 2 is 2.24 bits per heavy atom. The molecule has 0 bridgehead atoms. The third-order valence-electron chi connectivity index (χ3n) is 2.97. The molecule has 1 aromatic carbocycles. The lowest BCUT2D eigenvalue weighted by molar-refractivity contribution is 0.0859. The van der Waals surface area contributed by atoms with E-state index in [0.29, 0.717) is 22.0 Å². The Hall–Kier alpha value is -0.570. The first-order valence-electron chi connectivity index (χ1n) is 5.77. The van der Waals surface area contributed by atoms with Crippen molar-refractivity contribution in [3.63, 3.8) is 0 Å². The van der Waals surface area contributed by atoms with Crippen LogP contribution in [-0.2, 0) is 4.74 Å². The van der Waals surface area contributed by atoms with Gasteiger partial charge in [-0.15, -0.1) is 0 Å². The summed E-state index contributed by atoms with van der Waals surface area (Å²) < 4.78 is 5.48. The highest BCUT2D eigenvalue weighted by Crippen LogP contribution is 2.27. The van der Waals surface area contributed by atoms with Gasteiger partial charge < -0.3 is 4.74 Å². The van der Waals surface area contributed by atoms with E-state index in [0.717, 1.165) is 25.9 Å². The minimum atomic E-state index is 0.0352. The first-order chi connectivity index (χ1) is 8.18. The molecular weight excluding hydrogens is 259 g/mol. The molecule has 0 N–H and O–H groups in total. The molecule has 2 rings (SSSR count). The molecule has 0 saturated carbocycles. The van der Waals surface area contributed by atoms with Crippen LogP contribution in [0, 0.1) is 0 Å². The van der Waals surface area contributed by atoms with Crippen molar-refractivity contribution in [1.29, 1.82) is 0 Å². The smallest absolute Gasteiger partial charge is 0.164 e. The van der Waals surface area contributed by atoms with Crippen molar-refractivity contribution in [2.24, 2.45) is 0 Å². The van der Waals surface area contributed by atoms with Gasteiger partial charge in [-0.2, -0.15) is 0 Å². The zero-order chi connectivity index (χ0) is 12.3. The van der Waals surface area contributed by atoms with Crippen molar-refractivity contribution in [2.75, 3.05) is 6.61 Å². The maximum absolute atomic E-state index is 12.0. The molecule has 1 atom stereocenters. The summed E-state index contributed by atoms with van der Waals surface area (Å²) in [6, 6.07) is 5.14. The maximum Gasteiger partial charge on any atom is 0.164 e. The van der Waals surface area contributed by atoms with Gasteiger partial charge in [-0.3, -0.25) is 4.79 Å². The van der Waals surface area contributed by atoms with Crippen molar-refractivity contribution in [2.45, 2.75) is 31.8 Å². The zero-order valence-corrected chi connectivity index (χ0v) is 10.9. The van der Waals surface area contributed by atoms with Crippen LogP contribution in [0.3, 0.4) is 0 Å². The number of ether oxygens (including phenoxy) is 1. The molecule has 2 nitrogen and oxygen atoms in total. The normalized spacial score (nSPS) is 19.5. The first-order valence-corrected chi connectivity index (χ1v) is 6.53. The minimum absolute atomic E-state index is 0.0352. The largest absolute Gasteiger partial charge is 0.378 e. The summed E-state index contributed by atoms with van der Waals surface area (Å²) in [5, 5.41) is 0.779. The number of halogens is 2. The summed E-state index contributed by atoms with van der Waals surface area (Å²) in [7, 11) is 0. The second-order valence-corrected chi connectivity index (χ2v) is 4.98. The second-order valence-electron chi connectivity index (χ2n) is 4.20. The summed E-state index contributed by atoms with van der Waals surface area (Å²) in [6.07, 6.45) is 3.61. The van der Waals surface area contributed by atoms with E-state index < -0.39 is 0 Å². The molecule has 17 heavy (non-hydrogen) atoms. The molecule has 1 heterocycles. The Morgan fingerprint density at radius 1 is 1.41 bits per heavy atom. The molecule has 1 saturated heterocycles.